The third-order valence-electron chi connectivity index (χ3n) is 4.05. The fraction of sp³-hybridized carbons (Fsp3) is 0.263. The van der Waals surface area contributed by atoms with E-state index in [-0.39, 0.29) is 5.91 Å². The molecule has 0 saturated heterocycles. The van der Waals surface area contributed by atoms with Crippen molar-refractivity contribution in [3.05, 3.63) is 45.1 Å². The molecule has 3 aromatic rings. The molecular weight excluding hydrogens is 384 g/mol. The summed E-state index contributed by atoms with van der Waals surface area (Å²) in [5.74, 6) is 1.38. The third-order valence-corrected chi connectivity index (χ3v) is 5.93. The Kier molecular flexibility index (Phi) is 5.00. The number of thiophene rings is 1. The van der Waals surface area contributed by atoms with E-state index in [1.165, 1.54) is 0 Å². The van der Waals surface area contributed by atoms with Crippen LogP contribution in [0.4, 0.5) is 0 Å². The largest absolute Gasteiger partial charge is 0.493 e. The molecule has 2 aromatic heterocycles. The summed E-state index contributed by atoms with van der Waals surface area (Å²) in [7, 11) is 1.54. The minimum Gasteiger partial charge on any atom is -0.493 e. The van der Waals surface area contributed by atoms with Crippen LogP contribution in [0.5, 0.6) is 17.2 Å². The maximum Gasteiger partial charge on any atom is 0.251 e. The number of nitrogens with one attached hydrogen (secondary N) is 1. The Hall–Kier alpha value is -2.58. The van der Waals surface area contributed by atoms with Gasteiger partial charge in [-0.15, -0.1) is 22.7 Å². The molecular formula is C19H18N2O4S2. The average Bonchev–Trinajstić information content (AvgIpc) is 3.34. The molecule has 140 valence electrons. The Bertz CT molecular complexity index is 963. The van der Waals surface area contributed by atoms with Crippen LogP contribution in [-0.2, 0) is 6.54 Å². The summed E-state index contributed by atoms with van der Waals surface area (Å²) >= 11 is 3.26. The van der Waals surface area contributed by atoms with E-state index < -0.39 is 0 Å². The lowest BCUT2D eigenvalue weighted by atomic mass is 10.1. The molecule has 1 aliphatic rings. The Labute approximate surface area is 164 Å². The smallest absolute Gasteiger partial charge is 0.251 e. The molecule has 1 aromatic carbocycles. The Morgan fingerprint density at radius 1 is 1.30 bits per heavy atom. The molecule has 4 rings (SSSR count). The molecule has 8 heteroatoms. The zero-order valence-electron chi connectivity index (χ0n) is 14.9. The molecule has 3 heterocycles. The Balaban J connectivity index is 1.46. The summed E-state index contributed by atoms with van der Waals surface area (Å²) < 4.78 is 16.5. The predicted octanol–water partition coefficient (Wildman–Crippen LogP) is 3.89. The van der Waals surface area contributed by atoms with Gasteiger partial charge in [0.2, 0.25) is 5.75 Å². The van der Waals surface area contributed by atoms with Gasteiger partial charge in [-0.3, -0.25) is 4.79 Å². The first-order valence-electron chi connectivity index (χ1n) is 8.41. The van der Waals surface area contributed by atoms with Gasteiger partial charge in [0.1, 0.15) is 13.2 Å². The minimum atomic E-state index is -0.190. The molecule has 1 N–H and O–H groups in total. The highest BCUT2D eigenvalue weighted by atomic mass is 32.1. The number of carbonyl (C=O) groups is 1. The Morgan fingerprint density at radius 2 is 2.15 bits per heavy atom. The van der Waals surface area contributed by atoms with Crippen molar-refractivity contribution in [1.29, 1.82) is 0 Å². The van der Waals surface area contributed by atoms with Crippen LogP contribution in [0.25, 0.3) is 10.6 Å². The van der Waals surface area contributed by atoms with E-state index in [0.717, 1.165) is 20.5 Å². The van der Waals surface area contributed by atoms with Gasteiger partial charge in [-0.2, -0.15) is 0 Å². The topological polar surface area (TPSA) is 69.7 Å². The number of aryl methyl sites for hydroxylation is 1. The van der Waals surface area contributed by atoms with Gasteiger partial charge >= 0.3 is 0 Å². The van der Waals surface area contributed by atoms with Crippen molar-refractivity contribution < 1.29 is 19.0 Å². The van der Waals surface area contributed by atoms with Crippen molar-refractivity contribution in [2.24, 2.45) is 0 Å². The van der Waals surface area contributed by atoms with E-state index in [1.807, 2.05) is 24.4 Å². The number of amides is 1. The normalized spacial score (nSPS) is 12.7. The second kappa shape index (κ2) is 7.58. The lowest BCUT2D eigenvalue weighted by Gasteiger charge is -2.21. The standard InChI is InChI=1S/C19H18N2O4S2/c1-11-21-14(10-26-11)17-4-3-13(27-17)9-20-19(22)12-7-15(23-2)18-16(8-12)24-5-6-25-18/h3-4,7-8,10H,5-6,9H2,1-2H3,(H,20,22). The van der Waals surface area contributed by atoms with Crippen molar-refractivity contribution in [3.63, 3.8) is 0 Å². The van der Waals surface area contributed by atoms with Crippen LogP contribution in [0.1, 0.15) is 20.2 Å². The van der Waals surface area contributed by atoms with Gasteiger partial charge in [-0.05, 0) is 31.2 Å². The molecule has 0 aliphatic carbocycles. The summed E-state index contributed by atoms with van der Waals surface area (Å²) in [5.41, 5.74) is 1.46. The molecule has 0 unspecified atom stereocenters. The first-order chi connectivity index (χ1) is 13.1. The molecule has 27 heavy (non-hydrogen) atoms. The van der Waals surface area contributed by atoms with Gasteiger partial charge in [0, 0.05) is 15.8 Å². The Morgan fingerprint density at radius 3 is 2.93 bits per heavy atom. The van der Waals surface area contributed by atoms with Crippen molar-refractivity contribution in [2.75, 3.05) is 20.3 Å². The second-order valence-electron chi connectivity index (χ2n) is 5.90. The third kappa shape index (κ3) is 3.77. The number of thiazole rings is 1. The van der Waals surface area contributed by atoms with E-state index in [0.29, 0.717) is 42.6 Å². The van der Waals surface area contributed by atoms with E-state index in [2.05, 4.69) is 10.3 Å². The lowest BCUT2D eigenvalue weighted by molar-refractivity contribution is 0.0949. The van der Waals surface area contributed by atoms with Crippen molar-refractivity contribution in [1.82, 2.24) is 10.3 Å². The molecule has 0 saturated carbocycles. The first kappa shape index (κ1) is 17.8. The number of fused-ring (bicyclic) bond motifs is 1. The van der Waals surface area contributed by atoms with Crippen LogP contribution in [0, 0.1) is 6.92 Å². The number of carbonyl (C=O) groups excluding carboxylic acids is 1. The van der Waals surface area contributed by atoms with Crippen LogP contribution in [0.3, 0.4) is 0 Å². The van der Waals surface area contributed by atoms with Crippen LogP contribution in [-0.4, -0.2) is 31.2 Å². The number of methoxy groups -OCH3 is 1. The highest BCUT2D eigenvalue weighted by Crippen LogP contribution is 2.40. The quantitative estimate of drug-likeness (QED) is 0.701. The molecule has 0 bridgehead atoms. The van der Waals surface area contributed by atoms with Crippen LogP contribution < -0.4 is 19.5 Å². The van der Waals surface area contributed by atoms with Gasteiger partial charge in [-0.1, -0.05) is 0 Å². The SMILES string of the molecule is COc1cc(C(=O)NCc2ccc(-c3csc(C)n3)s2)cc2c1OCCO2. The van der Waals surface area contributed by atoms with E-state index in [1.54, 1.807) is 41.9 Å². The van der Waals surface area contributed by atoms with Crippen molar-refractivity contribution in [3.8, 4) is 27.8 Å². The monoisotopic (exact) mass is 402 g/mol. The molecule has 0 fully saturated rings. The van der Waals surface area contributed by atoms with Gasteiger partial charge in [-0.25, -0.2) is 4.98 Å². The van der Waals surface area contributed by atoms with Gasteiger partial charge in [0.05, 0.1) is 29.2 Å². The highest BCUT2D eigenvalue weighted by Gasteiger charge is 2.21. The maximum absolute atomic E-state index is 12.6. The minimum absolute atomic E-state index is 0.190. The fourth-order valence-corrected chi connectivity index (χ4v) is 4.36. The van der Waals surface area contributed by atoms with Crippen LogP contribution in [0.2, 0.25) is 0 Å². The summed E-state index contributed by atoms with van der Waals surface area (Å²) in [5, 5.41) is 6.03. The highest BCUT2D eigenvalue weighted by molar-refractivity contribution is 7.16. The summed E-state index contributed by atoms with van der Waals surface area (Å²) in [6.45, 7) is 3.36. The number of rotatable bonds is 5. The van der Waals surface area contributed by atoms with E-state index >= 15 is 0 Å². The lowest BCUT2D eigenvalue weighted by Crippen LogP contribution is -2.23. The predicted molar refractivity (Wildman–Crippen MR) is 105 cm³/mol. The van der Waals surface area contributed by atoms with Crippen molar-refractivity contribution in [2.45, 2.75) is 13.5 Å². The van der Waals surface area contributed by atoms with Crippen LogP contribution in [0.15, 0.2) is 29.6 Å². The molecule has 1 aliphatic heterocycles. The summed E-state index contributed by atoms with van der Waals surface area (Å²) in [6.07, 6.45) is 0. The zero-order chi connectivity index (χ0) is 18.8. The maximum atomic E-state index is 12.6. The van der Waals surface area contributed by atoms with Crippen molar-refractivity contribution >= 4 is 28.6 Å². The number of aromatic nitrogens is 1. The molecule has 6 nitrogen and oxygen atoms in total. The zero-order valence-corrected chi connectivity index (χ0v) is 16.5. The van der Waals surface area contributed by atoms with E-state index in [9.17, 15) is 4.79 Å². The average molecular weight is 402 g/mol. The number of hydrogen-bond acceptors (Lipinski definition) is 7. The summed E-state index contributed by atoms with van der Waals surface area (Å²) in [6, 6.07) is 7.40. The molecule has 0 radical (unpaired) electrons. The number of nitrogens with zero attached hydrogens (tertiary/aromatic N) is 1. The van der Waals surface area contributed by atoms with E-state index in [4.69, 9.17) is 14.2 Å². The number of hydrogen-bond donors (Lipinski definition) is 1. The second-order valence-corrected chi connectivity index (χ2v) is 8.13. The first-order valence-corrected chi connectivity index (χ1v) is 10.1. The number of ether oxygens (including phenoxy) is 3. The molecule has 0 spiro atoms. The van der Waals surface area contributed by atoms with Gasteiger partial charge in [0.25, 0.3) is 5.91 Å². The van der Waals surface area contributed by atoms with Crippen LogP contribution >= 0.6 is 22.7 Å². The summed E-state index contributed by atoms with van der Waals surface area (Å²) in [4.78, 5) is 19.2. The van der Waals surface area contributed by atoms with Gasteiger partial charge in [0.15, 0.2) is 11.5 Å². The fourth-order valence-electron chi connectivity index (χ4n) is 2.76. The number of benzene rings is 1. The molecule has 1 amide bonds. The van der Waals surface area contributed by atoms with Gasteiger partial charge < -0.3 is 19.5 Å². The molecule has 0 atom stereocenters.